The van der Waals surface area contributed by atoms with Crippen molar-refractivity contribution < 1.29 is 4.74 Å². The number of ether oxygens (including phenoxy) is 1. The quantitative estimate of drug-likeness (QED) is 0.897. The van der Waals surface area contributed by atoms with Crippen molar-refractivity contribution in [3.63, 3.8) is 0 Å². The summed E-state index contributed by atoms with van der Waals surface area (Å²) < 4.78 is 9.34. The Hall–Kier alpha value is -1.17. The maximum Gasteiger partial charge on any atom is 0.298 e. The SMILES string of the molecule is NCc1ccc(Cl)cc1Oc1ncns1. The molecule has 0 radical (unpaired) electrons. The predicted molar refractivity (Wildman–Crippen MR) is 59.3 cm³/mol. The number of halogens is 1. The summed E-state index contributed by atoms with van der Waals surface area (Å²) in [5.41, 5.74) is 6.46. The van der Waals surface area contributed by atoms with E-state index < -0.39 is 0 Å². The molecule has 0 saturated heterocycles. The van der Waals surface area contributed by atoms with E-state index in [1.807, 2.05) is 6.07 Å². The third kappa shape index (κ3) is 2.44. The minimum absolute atomic E-state index is 0.394. The summed E-state index contributed by atoms with van der Waals surface area (Å²) in [6.07, 6.45) is 1.44. The average molecular weight is 242 g/mol. The maximum atomic E-state index is 5.86. The van der Waals surface area contributed by atoms with E-state index in [-0.39, 0.29) is 0 Å². The molecule has 1 aromatic heterocycles. The van der Waals surface area contributed by atoms with E-state index in [9.17, 15) is 0 Å². The fraction of sp³-hybridized carbons (Fsp3) is 0.111. The second-order valence-corrected chi connectivity index (χ2v) is 3.94. The molecule has 2 N–H and O–H groups in total. The highest BCUT2D eigenvalue weighted by molar-refractivity contribution is 7.07. The van der Waals surface area contributed by atoms with E-state index in [2.05, 4.69) is 9.36 Å². The topological polar surface area (TPSA) is 61.0 Å². The molecule has 2 aromatic rings. The molecule has 0 saturated carbocycles. The first-order valence-corrected chi connectivity index (χ1v) is 5.38. The van der Waals surface area contributed by atoms with Gasteiger partial charge in [0.15, 0.2) is 0 Å². The van der Waals surface area contributed by atoms with E-state index in [1.165, 1.54) is 17.9 Å². The molecule has 1 aromatic carbocycles. The van der Waals surface area contributed by atoms with E-state index >= 15 is 0 Å². The van der Waals surface area contributed by atoms with Gasteiger partial charge in [-0.25, -0.2) is 0 Å². The third-order valence-electron chi connectivity index (χ3n) is 1.79. The average Bonchev–Trinajstić information content (AvgIpc) is 2.71. The highest BCUT2D eigenvalue weighted by Crippen LogP contribution is 2.28. The van der Waals surface area contributed by atoms with E-state index in [4.69, 9.17) is 22.1 Å². The Morgan fingerprint density at radius 2 is 2.33 bits per heavy atom. The molecular weight excluding hydrogens is 234 g/mol. The molecule has 0 aliphatic rings. The van der Waals surface area contributed by atoms with Crippen LogP contribution in [0.2, 0.25) is 5.02 Å². The first-order valence-electron chi connectivity index (χ1n) is 4.22. The van der Waals surface area contributed by atoms with Crippen LogP contribution < -0.4 is 10.5 Å². The van der Waals surface area contributed by atoms with Crippen molar-refractivity contribution in [2.45, 2.75) is 6.54 Å². The lowest BCUT2D eigenvalue weighted by Gasteiger charge is -2.06. The third-order valence-corrected chi connectivity index (χ3v) is 2.57. The molecule has 0 bridgehead atoms. The van der Waals surface area contributed by atoms with Gasteiger partial charge in [-0.15, -0.1) is 0 Å². The van der Waals surface area contributed by atoms with Gasteiger partial charge in [-0.2, -0.15) is 9.36 Å². The summed E-state index contributed by atoms with van der Waals surface area (Å²) in [6, 6.07) is 5.32. The van der Waals surface area contributed by atoms with Gasteiger partial charge in [-0.3, -0.25) is 0 Å². The molecule has 0 amide bonds. The van der Waals surface area contributed by atoms with Crippen LogP contribution in [0, 0.1) is 0 Å². The highest BCUT2D eigenvalue weighted by Gasteiger charge is 2.06. The van der Waals surface area contributed by atoms with Crippen LogP contribution in [0.15, 0.2) is 24.5 Å². The normalized spacial score (nSPS) is 10.3. The second kappa shape index (κ2) is 4.57. The van der Waals surface area contributed by atoms with Crippen LogP contribution in [0.5, 0.6) is 10.9 Å². The molecule has 0 unspecified atom stereocenters. The maximum absolute atomic E-state index is 5.86. The Morgan fingerprint density at radius 1 is 1.47 bits per heavy atom. The Balaban J connectivity index is 2.30. The number of hydrogen-bond acceptors (Lipinski definition) is 5. The molecule has 78 valence electrons. The van der Waals surface area contributed by atoms with Crippen molar-refractivity contribution in [3.05, 3.63) is 35.1 Å². The zero-order chi connectivity index (χ0) is 10.7. The van der Waals surface area contributed by atoms with Gasteiger partial charge < -0.3 is 10.5 Å². The molecule has 0 spiro atoms. The molecule has 4 nitrogen and oxygen atoms in total. The fourth-order valence-electron chi connectivity index (χ4n) is 1.09. The zero-order valence-corrected chi connectivity index (χ0v) is 9.26. The summed E-state index contributed by atoms with van der Waals surface area (Å²) in [7, 11) is 0. The van der Waals surface area contributed by atoms with Gasteiger partial charge >= 0.3 is 0 Å². The van der Waals surface area contributed by atoms with Crippen molar-refractivity contribution in [3.8, 4) is 10.9 Å². The van der Waals surface area contributed by atoms with Crippen LogP contribution in [0.25, 0.3) is 0 Å². The number of nitrogens with zero attached hydrogens (tertiary/aromatic N) is 2. The van der Waals surface area contributed by atoms with Crippen molar-refractivity contribution >= 4 is 23.1 Å². The molecule has 0 fully saturated rings. The summed E-state index contributed by atoms with van der Waals surface area (Å²) in [4.78, 5) is 3.92. The predicted octanol–water partition coefficient (Wildman–Crippen LogP) is 2.44. The van der Waals surface area contributed by atoms with Gasteiger partial charge in [-0.1, -0.05) is 17.7 Å². The smallest absolute Gasteiger partial charge is 0.298 e. The number of nitrogens with two attached hydrogens (primary N) is 1. The van der Waals surface area contributed by atoms with Crippen LogP contribution in [-0.4, -0.2) is 9.36 Å². The van der Waals surface area contributed by atoms with Crippen molar-refractivity contribution in [2.75, 3.05) is 0 Å². The largest absolute Gasteiger partial charge is 0.429 e. The molecule has 15 heavy (non-hydrogen) atoms. The molecule has 0 aliphatic heterocycles. The molecule has 6 heteroatoms. The zero-order valence-electron chi connectivity index (χ0n) is 7.68. The summed E-state index contributed by atoms with van der Waals surface area (Å²) >= 11 is 7.04. The van der Waals surface area contributed by atoms with Crippen molar-refractivity contribution in [2.24, 2.45) is 5.73 Å². The standard InChI is InChI=1S/C9H8ClN3OS/c10-7-2-1-6(4-11)8(3-7)14-9-12-5-13-15-9/h1-3,5H,4,11H2. The lowest BCUT2D eigenvalue weighted by Crippen LogP contribution is -1.99. The van der Waals surface area contributed by atoms with Gasteiger partial charge in [-0.05, 0) is 12.1 Å². The van der Waals surface area contributed by atoms with Crippen LogP contribution in [0.1, 0.15) is 5.56 Å². The Bertz CT molecular complexity index is 447. The monoisotopic (exact) mass is 241 g/mol. The van der Waals surface area contributed by atoms with E-state index in [0.717, 1.165) is 5.56 Å². The van der Waals surface area contributed by atoms with Crippen molar-refractivity contribution in [1.82, 2.24) is 9.36 Å². The number of hydrogen-bond donors (Lipinski definition) is 1. The van der Waals surface area contributed by atoms with Crippen LogP contribution >= 0.6 is 23.1 Å². The van der Waals surface area contributed by atoms with Gasteiger partial charge in [0.2, 0.25) is 0 Å². The van der Waals surface area contributed by atoms with E-state index in [1.54, 1.807) is 12.1 Å². The Morgan fingerprint density at radius 3 is 3.00 bits per heavy atom. The second-order valence-electron chi connectivity index (χ2n) is 2.77. The highest BCUT2D eigenvalue weighted by atomic mass is 35.5. The van der Waals surface area contributed by atoms with Gasteiger partial charge in [0.25, 0.3) is 5.19 Å². The minimum Gasteiger partial charge on any atom is -0.429 e. The lowest BCUT2D eigenvalue weighted by molar-refractivity contribution is 0.473. The molecule has 0 atom stereocenters. The number of aromatic nitrogens is 2. The van der Waals surface area contributed by atoms with E-state index in [0.29, 0.717) is 22.5 Å². The number of rotatable bonds is 3. The lowest BCUT2D eigenvalue weighted by atomic mass is 10.2. The molecule has 0 aliphatic carbocycles. The van der Waals surface area contributed by atoms with Crippen molar-refractivity contribution in [1.29, 1.82) is 0 Å². The van der Waals surface area contributed by atoms with Gasteiger partial charge in [0.1, 0.15) is 12.1 Å². The van der Waals surface area contributed by atoms with Crippen LogP contribution in [0.3, 0.4) is 0 Å². The van der Waals surface area contributed by atoms with Gasteiger partial charge in [0, 0.05) is 28.7 Å². The summed E-state index contributed by atoms with van der Waals surface area (Å²) in [6.45, 7) is 0.394. The molecule has 1 heterocycles. The van der Waals surface area contributed by atoms with Gasteiger partial charge in [0.05, 0.1) is 0 Å². The summed E-state index contributed by atoms with van der Waals surface area (Å²) in [5.74, 6) is 0.627. The molecular formula is C9H8ClN3OS. The summed E-state index contributed by atoms with van der Waals surface area (Å²) in [5, 5.41) is 1.08. The number of benzene rings is 1. The van der Waals surface area contributed by atoms with Crippen LogP contribution in [0.4, 0.5) is 0 Å². The first kappa shape index (κ1) is 10.4. The Kier molecular flexibility index (Phi) is 3.15. The van der Waals surface area contributed by atoms with Crippen LogP contribution in [-0.2, 0) is 6.54 Å². The molecule has 2 rings (SSSR count). The Labute approximate surface area is 95.8 Å². The first-order chi connectivity index (χ1) is 7.29. The minimum atomic E-state index is 0.394. The fourth-order valence-corrected chi connectivity index (χ4v) is 1.66.